The van der Waals surface area contributed by atoms with E-state index in [0.29, 0.717) is 24.1 Å². The van der Waals surface area contributed by atoms with Gasteiger partial charge in [0.25, 0.3) is 0 Å². The standard InChI is InChI=1S/C16H23NO4/c1-11(2)21-15(18)10-20-16-12(9-17-13-7-8-13)5-4-6-14(16)19-3/h4-6,11,13,17H,7-10H2,1-3H3. The molecule has 0 aromatic heterocycles. The molecule has 1 saturated carbocycles. The SMILES string of the molecule is COc1cccc(CNC2CC2)c1OCC(=O)OC(C)C. The molecule has 1 aliphatic rings. The van der Waals surface area contributed by atoms with Gasteiger partial charge >= 0.3 is 5.97 Å². The maximum Gasteiger partial charge on any atom is 0.344 e. The van der Waals surface area contributed by atoms with Crippen molar-refractivity contribution in [3.8, 4) is 11.5 Å². The smallest absolute Gasteiger partial charge is 0.344 e. The topological polar surface area (TPSA) is 56.8 Å². The number of carbonyl (C=O) groups is 1. The van der Waals surface area contributed by atoms with Crippen LogP contribution < -0.4 is 14.8 Å². The molecule has 1 aromatic carbocycles. The first-order chi connectivity index (χ1) is 10.1. The van der Waals surface area contributed by atoms with E-state index in [4.69, 9.17) is 14.2 Å². The maximum absolute atomic E-state index is 11.6. The molecule has 0 heterocycles. The molecule has 21 heavy (non-hydrogen) atoms. The second-order valence-electron chi connectivity index (χ2n) is 5.43. The van der Waals surface area contributed by atoms with Crippen molar-refractivity contribution >= 4 is 5.97 Å². The number of nitrogens with one attached hydrogen (secondary N) is 1. The van der Waals surface area contributed by atoms with Crippen LogP contribution in [0.3, 0.4) is 0 Å². The molecular weight excluding hydrogens is 270 g/mol. The first-order valence-electron chi connectivity index (χ1n) is 7.31. The van der Waals surface area contributed by atoms with E-state index >= 15 is 0 Å². The lowest BCUT2D eigenvalue weighted by atomic mass is 10.2. The van der Waals surface area contributed by atoms with E-state index in [1.165, 1.54) is 12.8 Å². The van der Waals surface area contributed by atoms with E-state index in [9.17, 15) is 4.79 Å². The van der Waals surface area contributed by atoms with E-state index < -0.39 is 0 Å². The zero-order valence-corrected chi connectivity index (χ0v) is 12.8. The highest BCUT2D eigenvalue weighted by Gasteiger charge is 2.21. The van der Waals surface area contributed by atoms with Crippen molar-refractivity contribution in [2.24, 2.45) is 0 Å². The number of hydrogen-bond donors (Lipinski definition) is 1. The summed E-state index contributed by atoms with van der Waals surface area (Å²) in [6, 6.07) is 6.32. The Balaban J connectivity index is 2.01. The van der Waals surface area contributed by atoms with E-state index in [0.717, 1.165) is 5.56 Å². The molecule has 0 aliphatic heterocycles. The van der Waals surface area contributed by atoms with Crippen LogP contribution in [-0.2, 0) is 16.1 Å². The van der Waals surface area contributed by atoms with Crippen molar-refractivity contribution in [1.29, 1.82) is 0 Å². The Labute approximate surface area is 125 Å². The monoisotopic (exact) mass is 293 g/mol. The normalized spacial score (nSPS) is 14.1. The maximum atomic E-state index is 11.6. The molecule has 1 fully saturated rings. The fraction of sp³-hybridized carbons (Fsp3) is 0.562. The van der Waals surface area contributed by atoms with Gasteiger partial charge in [-0.25, -0.2) is 4.79 Å². The van der Waals surface area contributed by atoms with Gasteiger partial charge in [0.15, 0.2) is 18.1 Å². The molecular formula is C16H23NO4. The second kappa shape index (κ2) is 7.31. The van der Waals surface area contributed by atoms with Crippen molar-refractivity contribution in [2.45, 2.75) is 45.4 Å². The molecule has 0 atom stereocenters. The average molecular weight is 293 g/mol. The van der Waals surface area contributed by atoms with E-state index in [1.54, 1.807) is 7.11 Å². The van der Waals surface area contributed by atoms with Crippen LogP contribution >= 0.6 is 0 Å². The number of carbonyl (C=O) groups excluding carboxylic acids is 1. The number of esters is 1. The first-order valence-corrected chi connectivity index (χ1v) is 7.31. The van der Waals surface area contributed by atoms with Gasteiger partial charge in [-0.3, -0.25) is 0 Å². The van der Waals surface area contributed by atoms with Crippen LogP contribution in [0, 0.1) is 0 Å². The molecule has 5 heteroatoms. The summed E-state index contributed by atoms with van der Waals surface area (Å²) in [7, 11) is 1.59. The minimum Gasteiger partial charge on any atom is -0.493 e. The van der Waals surface area contributed by atoms with Gasteiger partial charge in [0.05, 0.1) is 13.2 Å². The first kappa shape index (κ1) is 15.6. The lowest BCUT2D eigenvalue weighted by molar-refractivity contribution is -0.149. The molecule has 0 spiro atoms. The number of para-hydroxylation sites is 1. The fourth-order valence-corrected chi connectivity index (χ4v) is 1.99. The molecule has 5 nitrogen and oxygen atoms in total. The number of ether oxygens (including phenoxy) is 3. The highest BCUT2D eigenvalue weighted by atomic mass is 16.6. The summed E-state index contributed by atoms with van der Waals surface area (Å²) in [6.07, 6.45) is 2.30. The molecule has 1 aromatic rings. The highest BCUT2D eigenvalue weighted by Crippen LogP contribution is 2.32. The Kier molecular flexibility index (Phi) is 5.44. The summed E-state index contributed by atoms with van der Waals surface area (Å²) in [5.74, 6) is 0.855. The Morgan fingerprint density at radius 2 is 2.14 bits per heavy atom. The molecule has 0 saturated heterocycles. The lowest BCUT2D eigenvalue weighted by Gasteiger charge is -2.15. The molecule has 0 bridgehead atoms. The Hall–Kier alpha value is -1.75. The minimum absolute atomic E-state index is 0.116. The lowest BCUT2D eigenvalue weighted by Crippen LogP contribution is -2.20. The van der Waals surface area contributed by atoms with Crippen LogP contribution in [0.2, 0.25) is 0 Å². The Morgan fingerprint density at radius 1 is 1.38 bits per heavy atom. The Bertz CT molecular complexity index is 483. The molecule has 0 radical (unpaired) electrons. The fourth-order valence-electron chi connectivity index (χ4n) is 1.99. The van der Waals surface area contributed by atoms with Gasteiger partial charge in [-0.05, 0) is 32.8 Å². The largest absolute Gasteiger partial charge is 0.493 e. The third-order valence-electron chi connectivity index (χ3n) is 3.14. The van der Waals surface area contributed by atoms with E-state index in [1.807, 2.05) is 32.0 Å². The van der Waals surface area contributed by atoms with Gasteiger partial charge in [0.1, 0.15) is 0 Å². The summed E-state index contributed by atoms with van der Waals surface area (Å²) in [5, 5.41) is 3.43. The number of benzene rings is 1. The zero-order valence-electron chi connectivity index (χ0n) is 12.8. The van der Waals surface area contributed by atoms with Crippen LogP contribution in [0.25, 0.3) is 0 Å². The summed E-state index contributed by atoms with van der Waals surface area (Å²) in [4.78, 5) is 11.6. The van der Waals surface area contributed by atoms with E-state index in [-0.39, 0.29) is 18.7 Å². The molecule has 1 N–H and O–H groups in total. The molecule has 116 valence electrons. The van der Waals surface area contributed by atoms with Gasteiger partial charge in [0.2, 0.25) is 0 Å². The van der Waals surface area contributed by atoms with Crippen molar-refractivity contribution in [3.05, 3.63) is 23.8 Å². The summed E-state index contributed by atoms with van der Waals surface area (Å²) >= 11 is 0. The van der Waals surface area contributed by atoms with Crippen LogP contribution in [0.5, 0.6) is 11.5 Å². The molecule has 1 aliphatic carbocycles. The molecule has 2 rings (SSSR count). The highest BCUT2D eigenvalue weighted by molar-refractivity contribution is 5.71. The summed E-state index contributed by atoms with van der Waals surface area (Å²) < 4.78 is 16.0. The summed E-state index contributed by atoms with van der Waals surface area (Å²) in [5.41, 5.74) is 0.985. The predicted octanol–water partition coefficient (Wildman–Crippen LogP) is 2.28. The summed E-state index contributed by atoms with van der Waals surface area (Å²) in [6.45, 7) is 4.21. The van der Waals surface area contributed by atoms with Crippen LogP contribution in [0.15, 0.2) is 18.2 Å². The van der Waals surface area contributed by atoms with Crippen molar-refractivity contribution < 1.29 is 19.0 Å². The van der Waals surface area contributed by atoms with Crippen molar-refractivity contribution in [3.63, 3.8) is 0 Å². The zero-order chi connectivity index (χ0) is 15.2. The van der Waals surface area contributed by atoms with Gasteiger partial charge < -0.3 is 19.5 Å². The van der Waals surface area contributed by atoms with Gasteiger partial charge in [0, 0.05) is 18.2 Å². The molecule has 0 amide bonds. The number of rotatable bonds is 8. The van der Waals surface area contributed by atoms with Gasteiger partial charge in [-0.2, -0.15) is 0 Å². The average Bonchev–Trinajstić information content (AvgIpc) is 3.26. The Morgan fingerprint density at radius 3 is 2.76 bits per heavy atom. The van der Waals surface area contributed by atoms with Crippen LogP contribution in [0.1, 0.15) is 32.3 Å². The van der Waals surface area contributed by atoms with Crippen LogP contribution in [-0.4, -0.2) is 31.8 Å². The number of hydrogen-bond acceptors (Lipinski definition) is 5. The third kappa shape index (κ3) is 4.93. The van der Waals surface area contributed by atoms with Crippen molar-refractivity contribution in [1.82, 2.24) is 5.32 Å². The third-order valence-corrected chi connectivity index (χ3v) is 3.14. The van der Waals surface area contributed by atoms with E-state index in [2.05, 4.69) is 5.32 Å². The quantitative estimate of drug-likeness (QED) is 0.745. The molecule has 0 unspecified atom stereocenters. The van der Waals surface area contributed by atoms with Gasteiger partial charge in [-0.1, -0.05) is 12.1 Å². The predicted molar refractivity (Wildman–Crippen MR) is 79.6 cm³/mol. The number of methoxy groups -OCH3 is 1. The van der Waals surface area contributed by atoms with Crippen LogP contribution in [0.4, 0.5) is 0 Å². The minimum atomic E-state index is -0.378. The second-order valence-corrected chi connectivity index (χ2v) is 5.43. The van der Waals surface area contributed by atoms with Crippen molar-refractivity contribution in [2.75, 3.05) is 13.7 Å². The van der Waals surface area contributed by atoms with Gasteiger partial charge in [-0.15, -0.1) is 0 Å².